The van der Waals surface area contributed by atoms with Gasteiger partial charge in [-0.1, -0.05) is 6.07 Å². The monoisotopic (exact) mass is 210 g/mol. The first-order valence-corrected chi connectivity index (χ1v) is 4.82. The first-order chi connectivity index (χ1) is 7.24. The van der Waals surface area contributed by atoms with E-state index in [0.29, 0.717) is 18.1 Å². The third kappa shape index (κ3) is 1.78. The van der Waals surface area contributed by atoms with Crippen LogP contribution in [0, 0.1) is 0 Å². The standard InChI is InChI=1S/C11H14O4/c1-7(12)10-8(5-13-2)3-4-9-11(10)15-6-14-9/h3-4,7,12H,5-6H2,1-2H3. The van der Waals surface area contributed by atoms with E-state index in [2.05, 4.69) is 0 Å². The molecular weight excluding hydrogens is 196 g/mol. The molecule has 1 N–H and O–H groups in total. The molecule has 4 heteroatoms. The Bertz CT molecular complexity index is 360. The number of rotatable bonds is 3. The fourth-order valence-electron chi connectivity index (χ4n) is 1.77. The molecule has 0 spiro atoms. The van der Waals surface area contributed by atoms with Crippen LogP contribution in [0.2, 0.25) is 0 Å². The number of methoxy groups -OCH3 is 1. The highest BCUT2D eigenvalue weighted by molar-refractivity contribution is 5.52. The van der Waals surface area contributed by atoms with E-state index >= 15 is 0 Å². The van der Waals surface area contributed by atoms with Gasteiger partial charge in [-0.05, 0) is 18.6 Å². The molecule has 4 nitrogen and oxygen atoms in total. The molecule has 1 aromatic carbocycles. The van der Waals surface area contributed by atoms with Crippen molar-refractivity contribution in [2.45, 2.75) is 19.6 Å². The van der Waals surface area contributed by atoms with Gasteiger partial charge in [0.15, 0.2) is 11.5 Å². The molecule has 1 aliphatic heterocycles. The van der Waals surface area contributed by atoms with Gasteiger partial charge in [0, 0.05) is 12.7 Å². The van der Waals surface area contributed by atoms with Gasteiger partial charge in [-0.3, -0.25) is 0 Å². The molecule has 0 saturated carbocycles. The summed E-state index contributed by atoms with van der Waals surface area (Å²) in [5.74, 6) is 1.32. The minimum atomic E-state index is -0.591. The average Bonchev–Trinajstić information content (AvgIpc) is 2.64. The number of fused-ring (bicyclic) bond motifs is 1. The van der Waals surface area contributed by atoms with Crippen LogP contribution in [0.25, 0.3) is 0 Å². The number of hydrogen-bond acceptors (Lipinski definition) is 4. The van der Waals surface area contributed by atoms with Gasteiger partial charge in [-0.2, -0.15) is 0 Å². The van der Waals surface area contributed by atoms with Crippen molar-refractivity contribution in [3.8, 4) is 11.5 Å². The summed E-state index contributed by atoms with van der Waals surface area (Å²) < 4.78 is 15.7. The highest BCUT2D eigenvalue weighted by Crippen LogP contribution is 2.40. The van der Waals surface area contributed by atoms with Crippen LogP contribution in [0.3, 0.4) is 0 Å². The van der Waals surface area contributed by atoms with Crippen molar-refractivity contribution in [3.05, 3.63) is 23.3 Å². The predicted molar refractivity (Wildman–Crippen MR) is 53.9 cm³/mol. The van der Waals surface area contributed by atoms with Crippen molar-refractivity contribution in [3.63, 3.8) is 0 Å². The average molecular weight is 210 g/mol. The van der Waals surface area contributed by atoms with Crippen LogP contribution in [0.4, 0.5) is 0 Å². The Hall–Kier alpha value is -1.26. The van der Waals surface area contributed by atoms with E-state index in [1.807, 2.05) is 12.1 Å². The molecule has 15 heavy (non-hydrogen) atoms. The number of benzene rings is 1. The second kappa shape index (κ2) is 4.08. The molecule has 1 atom stereocenters. The number of ether oxygens (including phenoxy) is 3. The summed E-state index contributed by atoms with van der Waals surface area (Å²) in [4.78, 5) is 0. The van der Waals surface area contributed by atoms with Crippen molar-refractivity contribution in [1.82, 2.24) is 0 Å². The molecule has 0 saturated heterocycles. The smallest absolute Gasteiger partial charge is 0.231 e. The van der Waals surface area contributed by atoms with Crippen LogP contribution in [-0.4, -0.2) is 19.0 Å². The number of aliphatic hydroxyl groups is 1. The Kier molecular flexibility index (Phi) is 2.79. The largest absolute Gasteiger partial charge is 0.454 e. The van der Waals surface area contributed by atoms with E-state index in [1.54, 1.807) is 14.0 Å². The van der Waals surface area contributed by atoms with Crippen LogP contribution >= 0.6 is 0 Å². The zero-order valence-corrected chi connectivity index (χ0v) is 8.82. The van der Waals surface area contributed by atoms with Crippen LogP contribution in [-0.2, 0) is 11.3 Å². The molecule has 2 rings (SSSR count). The molecule has 82 valence electrons. The second-order valence-corrected chi connectivity index (χ2v) is 3.48. The maximum absolute atomic E-state index is 9.70. The van der Waals surface area contributed by atoms with E-state index in [0.717, 1.165) is 11.1 Å². The van der Waals surface area contributed by atoms with E-state index in [9.17, 15) is 5.11 Å². The maximum Gasteiger partial charge on any atom is 0.231 e. The lowest BCUT2D eigenvalue weighted by atomic mass is 10.0. The molecule has 0 amide bonds. The topological polar surface area (TPSA) is 47.9 Å². The fourth-order valence-corrected chi connectivity index (χ4v) is 1.77. The molecule has 1 unspecified atom stereocenters. The van der Waals surface area contributed by atoms with Crippen molar-refractivity contribution in [2.75, 3.05) is 13.9 Å². The second-order valence-electron chi connectivity index (χ2n) is 3.48. The van der Waals surface area contributed by atoms with Crippen molar-refractivity contribution in [1.29, 1.82) is 0 Å². The normalized spacial score (nSPS) is 15.4. The van der Waals surface area contributed by atoms with Crippen LogP contribution in [0.5, 0.6) is 11.5 Å². The van der Waals surface area contributed by atoms with E-state index in [4.69, 9.17) is 14.2 Å². The summed E-state index contributed by atoms with van der Waals surface area (Å²) in [6.45, 7) is 2.37. The van der Waals surface area contributed by atoms with Crippen molar-refractivity contribution < 1.29 is 19.3 Å². The SMILES string of the molecule is COCc1ccc2c(c1C(C)O)OCO2. The Morgan fingerprint density at radius 1 is 1.47 bits per heavy atom. The van der Waals surface area contributed by atoms with Crippen LogP contribution in [0.15, 0.2) is 12.1 Å². The van der Waals surface area contributed by atoms with E-state index in [-0.39, 0.29) is 6.79 Å². The highest BCUT2D eigenvalue weighted by atomic mass is 16.7. The molecule has 1 heterocycles. The quantitative estimate of drug-likeness (QED) is 0.823. The molecule has 1 aliphatic rings. The molecule has 1 aromatic rings. The van der Waals surface area contributed by atoms with Gasteiger partial charge in [-0.25, -0.2) is 0 Å². The lowest BCUT2D eigenvalue weighted by Crippen LogP contribution is -2.02. The fraction of sp³-hybridized carbons (Fsp3) is 0.455. The van der Waals surface area contributed by atoms with Crippen molar-refractivity contribution in [2.24, 2.45) is 0 Å². The summed E-state index contributed by atoms with van der Waals surface area (Å²) in [7, 11) is 1.62. The first-order valence-electron chi connectivity index (χ1n) is 4.82. The highest BCUT2D eigenvalue weighted by Gasteiger charge is 2.23. The summed E-state index contributed by atoms with van der Waals surface area (Å²) >= 11 is 0. The summed E-state index contributed by atoms with van der Waals surface area (Å²) in [6.07, 6.45) is -0.591. The lowest BCUT2D eigenvalue weighted by molar-refractivity contribution is 0.157. The number of aliphatic hydroxyl groups excluding tert-OH is 1. The Morgan fingerprint density at radius 3 is 2.93 bits per heavy atom. The van der Waals surface area contributed by atoms with Gasteiger partial charge >= 0.3 is 0 Å². The van der Waals surface area contributed by atoms with Gasteiger partial charge in [0.1, 0.15) is 0 Å². The molecule has 0 fully saturated rings. The van der Waals surface area contributed by atoms with Crippen LogP contribution < -0.4 is 9.47 Å². The summed E-state index contributed by atoms with van der Waals surface area (Å²) in [5.41, 5.74) is 1.68. The van der Waals surface area contributed by atoms with Gasteiger partial charge in [0.05, 0.1) is 12.7 Å². The zero-order valence-electron chi connectivity index (χ0n) is 8.82. The Balaban J connectivity index is 2.48. The third-order valence-electron chi connectivity index (χ3n) is 2.39. The minimum Gasteiger partial charge on any atom is -0.454 e. The van der Waals surface area contributed by atoms with Gasteiger partial charge in [0.25, 0.3) is 0 Å². The molecule has 0 radical (unpaired) electrons. The lowest BCUT2D eigenvalue weighted by Gasteiger charge is -2.13. The number of hydrogen-bond donors (Lipinski definition) is 1. The maximum atomic E-state index is 9.70. The van der Waals surface area contributed by atoms with E-state index < -0.39 is 6.10 Å². The molecule has 0 bridgehead atoms. The Labute approximate surface area is 88.4 Å². The van der Waals surface area contributed by atoms with E-state index in [1.165, 1.54) is 0 Å². The zero-order chi connectivity index (χ0) is 10.8. The first kappa shape index (κ1) is 10.3. The predicted octanol–water partition coefficient (Wildman–Crippen LogP) is 1.61. The Morgan fingerprint density at radius 2 is 2.27 bits per heavy atom. The van der Waals surface area contributed by atoms with Gasteiger partial charge < -0.3 is 19.3 Å². The third-order valence-corrected chi connectivity index (χ3v) is 2.39. The molecular formula is C11H14O4. The molecule has 0 aromatic heterocycles. The summed E-state index contributed by atoms with van der Waals surface area (Å²) in [5, 5.41) is 9.70. The van der Waals surface area contributed by atoms with Crippen LogP contribution in [0.1, 0.15) is 24.2 Å². The summed E-state index contributed by atoms with van der Waals surface area (Å²) in [6, 6.07) is 3.72. The van der Waals surface area contributed by atoms with Crippen molar-refractivity contribution >= 4 is 0 Å². The van der Waals surface area contributed by atoms with Gasteiger partial charge in [0.2, 0.25) is 6.79 Å². The van der Waals surface area contributed by atoms with Gasteiger partial charge in [-0.15, -0.1) is 0 Å². The molecule has 0 aliphatic carbocycles. The minimum absolute atomic E-state index is 0.214.